The van der Waals surface area contributed by atoms with Crippen LogP contribution >= 0.6 is 0 Å². The standard InChI is InChI=1S/C10H15N3O2/c14-10(15)9-8(6-11-13-9)12-7-4-2-1-3-5-7/h6-7,12H,1-5H2,(H,11,13)(H,14,15). The normalized spacial score (nSPS) is 17.6. The highest BCUT2D eigenvalue weighted by Crippen LogP contribution is 2.22. The van der Waals surface area contributed by atoms with Crippen LogP contribution in [0.1, 0.15) is 42.6 Å². The molecule has 0 aliphatic heterocycles. The van der Waals surface area contributed by atoms with E-state index in [0.29, 0.717) is 11.7 Å². The highest BCUT2D eigenvalue weighted by atomic mass is 16.4. The van der Waals surface area contributed by atoms with Crippen molar-refractivity contribution in [3.63, 3.8) is 0 Å². The Bertz CT molecular complexity index is 342. The number of aromatic carboxylic acids is 1. The SMILES string of the molecule is O=C(O)c1[nH]ncc1NC1CCCCC1. The van der Waals surface area contributed by atoms with E-state index in [9.17, 15) is 4.79 Å². The lowest BCUT2D eigenvalue weighted by Gasteiger charge is -2.23. The molecule has 5 nitrogen and oxygen atoms in total. The number of H-pyrrole nitrogens is 1. The van der Waals surface area contributed by atoms with E-state index in [1.165, 1.54) is 25.5 Å². The smallest absolute Gasteiger partial charge is 0.356 e. The van der Waals surface area contributed by atoms with E-state index < -0.39 is 5.97 Å². The number of hydrogen-bond donors (Lipinski definition) is 3. The predicted octanol–water partition coefficient (Wildman–Crippen LogP) is 1.85. The Kier molecular flexibility index (Phi) is 2.89. The van der Waals surface area contributed by atoms with E-state index in [0.717, 1.165) is 12.8 Å². The number of nitrogens with one attached hydrogen (secondary N) is 2. The fourth-order valence-corrected chi connectivity index (χ4v) is 2.03. The van der Waals surface area contributed by atoms with E-state index >= 15 is 0 Å². The topological polar surface area (TPSA) is 78.0 Å². The molecule has 0 atom stereocenters. The van der Waals surface area contributed by atoms with Gasteiger partial charge in [0.2, 0.25) is 0 Å². The molecule has 0 radical (unpaired) electrons. The van der Waals surface area contributed by atoms with Gasteiger partial charge in [-0.3, -0.25) is 5.10 Å². The van der Waals surface area contributed by atoms with Gasteiger partial charge in [0, 0.05) is 6.04 Å². The van der Waals surface area contributed by atoms with Gasteiger partial charge >= 0.3 is 5.97 Å². The van der Waals surface area contributed by atoms with Gasteiger partial charge in [-0.15, -0.1) is 0 Å². The average Bonchev–Trinajstić information content (AvgIpc) is 2.67. The van der Waals surface area contributed by atoms with E-state index in [1.807, 2.05) is 0 Å². The molecule has 0 bridgehead atoms. The van der Waals surface area contributed by atoms with Crippen molar-refractivity contribution >= 4 is 11.7 Å². The number of rotatable bonds is 3. The molecule has 0 unspecified atom stereocenters. The number of hydrogen-bond acceptors (Lipinski definition) is 3. The minimum atomic E-state index is -0.967. The summed E-state index contributed by atoms with van der Waals surface area (Å²) in [4.78, 5) is 10.8. The zero-order chi connectivity index (χ0) is 10.7. The third-order valence-electron chi connectivity index (χ3n) is 2.82. The van der Waals surface area contributed by atoms with Crippen LogP contribution in [0, 0.1) is 0 Å². The molecule has 1 aliphatic carbocycles. The van der Waals surface area contributed by atoms with Gasteiger partial charge in [0.15, 0.2) is 5.69 Å². The summed E-state index contributed by atoms with van der Waals surface area (Å²) in [5.74, 6) is -0.967. The highest BCUT2D eigenvalue weighted by Gasteiger charge is 2.17. The Hall–Kier alpha value is -1.52. The van der Waals surface area contributed by atoms with E-state index in [4.69, 9.17) is 5.11 Å². The number of carboxylic acids is 1. The number of nitrogens with zero attached hydrogens (tertiary/aromatic N) is 1. The third kappa shape index (κ3) is 2.29. The molecular weight excluding hydrogens is 194 g/mol. The quantitative estimate of drug-likeness (QED) is 0.710. The maximum atomic E-state index is 10.8. The van der Waals surface area contributed by atoms with Gasteiger partial charge in [0.25, 0.3) is 0 Å². The first kappa shape index (κ1) is 10.0. The summed E-state index contributed by atoms with van der Waals surface area (Å²) in [5, 5.41) is 18.3. The van der Waals surface area contributed by atoms with Crippen molar-refractivity contribution < 1.29 is 9.90 Å². The zero-order valence-electron chi connectivity index (χ0n) is 8.49. The van der Waals surface area contributed by atoms with Gasteiger partial charge in [-0.2, -0.15) is 5.10 Å². The number of carbonyl (C=O) groups is 1. The van der Waals surface area contributed by atoms with Crippen LogP contribution in [0.5, 0.6) is 0 Å². The Morgan fingerprint density at radius 3 is 2.87 bits per heavy atom. The summed E-state index contributed by atoms with van der Waals surface area (Å²) in [5.41, 5.74) is 0.759. The molecule has 0 spiro atoms. The molecule has 15 heavy (non-hydrogen) atoms. The molecular formula is C10H15N3O2. The first-order chi connectivity index (χ1) is 7.27. The van der Waals surface area contributed by atoms with Crippen molar-refractivity contribution in [2.75, 3.05) is 5.32 Å². The second-order valence-electron chi connectivity index (χ2n) is 3.94. The molecule has 3 N–H and O–H groups in total. The van der Waals surface area contributed by atoms with Crippen molar-refractivity contribution in [1.29, 1.82) is 0 Å². The fourth-order valence-electron chi connectivity index (χ4n) is 2.03. The Morgan fingerprint density at radius 1 is 1.47 bits per heavy atom. The molecule has 1 heterocycles. The molecule has 1 aliphatic rings. The Balaban J connectivity index is 2.03. The van der Waals surface area contributed by atoms with Gasteiger partial charge in [-0.05, 0) is 12.8 Å². The van der Waals surface area contributed by atoms with Crippen LogP contribution in [0.4, 0.5) is 5.69 Å². The molecule has 0 amide bonds. The zero-order valence-corrected chi connectivity index (χ0v) is 8.49. The molecule has 1 aromatic rings. The maximum absolute atomic E-state index is 10.8. The maximum Gasteiger partial charge on any atom is 0.356 e. The first-order valence-corrected chi connectivity index (χ1v) is 5.30. The van der Waals surface area contributed by atoms with Crippen LogP contribution < -0.4 is 5.32 Å². The summed E-state index contributed by atoms with van der Waals surface area (Å²) >= 11 is 0. The molecule has 1 fully saturated rings. The highest BCUT2D eigenvalue weighted by molar-refractivity contribution is 5.91. The summed E-state index contributed by atoms with van der Waals surface area (Å²) < 4.78 is 0. The monoisotopic (exact) mass is 209 g/mol. The van der Waals surface area contributed by atoms with Crippen molar-refractivity contribution in [2.45, 2.75) is 38.1 Å². The van der Waals surface area contributed by atoms with Crippen molar-refractivity contribution in [3.05, 3.63) is 11.9 Å². The van der Waals surface area contributed by atoms with Crippen molar-refractivity contribution in [1.82, 2.24) is 10.2 Å². The van der Waals surface area contributed by atoms with Gasteiger partial charge in [0.05, 0.1) is 11.9 Å². The van der Waals surface area contributed by atoms with Gasteiger partial charge < -0.3 is 10.4 Å². The lowest BCUT2D eigenvalue weighted by Crippen LogP contribution is -2.23. The first-order valence-electron chi connectivity index (χ1n) is 5.30. The summed E-state index contributed by atoms with van der Waals surface area (Å²) in [7, 11) is 0. The second kappa shape index (κ2) is 4.33. The van der Waals surface area contributed by atoms with Gasteiger partial charge in [-0.25, -0.2) is 4.79 Å². The van der Waals surface area contributed by atoms with Gasteiger partial charge in [-0.1, -0.05) is 19.3 Å². The number of aromatic amines is 1. The minimum Gasteiger partial charge on any atom is -0.476 e. The second-order valence-corrected chi connectivity index (χ2v) is 3.94. The molecule has 0 aromatic carbocycles. The minimum absolute atomic E-state index is 0.153. The van der Waals surface area contributed by atoms with Gasteiger partial charge in [0.1, 0.15) is 0 Å². The third-order valence-corrected chi connectivity index (χ3v) is 2.82. The summed E-state index contributed by atoms with van der Waals surface area (Å²) in [6, 6.07) is 0.398. The molecule has 1 saturated carbocycles. The molecule has 5 heteroatoms. The largest absolute Gasteiger partial charge is 0.476 e. The predicted molar refractivity (Wildman–Crippen MR) is 56.0 cm³/mol. The van der Waals surface area contributed by atoms with Crippen LogP contribution in [-0.2, 0) is 0 Å². The average molecular weight is 209 g/mol. The lowest BCUT2D eigenvalue weighted by atomic mass is 9.95. The van der Waals surface area contributed by atoms with Crippen LogP contribution in [0.15, 0.2) is 6.20 Å². The number of carboxylic acid groups (broad SMARTS) is 1. The van der Waals surface area contributed by atoms with Crippen LogP contribution in [-0.4, -0.2) is 27.3 Å². The Labute approximate surface area is 87.9 Å². The molecule has 1 aromatic heterocycles. The van der Waals surface area contributed by atoms with Crippen molar-refractivity contribution in [3.8, 4) is 0 Å². The van der Waals surface area contributed by atoms with E-state index in [1.54, 1.807) is 0 Å². The van der Waals surface area contributed by atoms with Crippen molar-refractivity contribution in [2.24, 2.45) is 0 Å². The van der Waals surface area contributed by atoms with Crippen LogP contribution in [0.2, 0.25) is 0 Å². The Morgan fingerprint density at radius 2 is 2.20 bits per heavy atom. The van der Waals surface area contributed by atoms with E-state index in [2.05, 4.69) is 15.5 Å². The molecule has 0 saturated heterocycles. The number of anilines is 1. The molecule has 2 rings (SSSR count). The van der Waals surface area contributed by atoms with Crippen LogP contribution in [0.3, 0.4) is 0 Å². The fraction of sp³-hybridized carbons (Fsp3) is 0.600. The van der Waals surface area contributed by atoms with E-state index in [-0.39, 0.29) is 5.69 Å². The summed E-state index contributed by atoms with van der Waals surface area (Å²) in [6.45, 7) is 0. The lowest BCUT2D eigenvalue weighted by molar-refractivity contribution is 0.0691. The van der Waals surface area contributed by atoms with Crippen LogP contribution in [0.25, 0.3) is 0 Å². The molecule has 82 valence electrons. The number of aromatic nitrogens is 2. The summed E-state index contributed by atoms with van der Waals surface area (Å²) in [6.07, 6.45) is 7.50.